The Morgan fingerprint density at radius 1 is 0.432 bits per heavy atom. The third-order valence-electron chi connectivity index (χ3n) is 8.92. The van der Waals surface area contributed by atoms with Crippen molar-refractivity contribution in [2.75, 3.05) is 0 Å². The lowest BCUT2D eigenvalue weighted by Crippen LogP contribution is -1.92. The molecule has 0 aliphatic heterocycles. The van der Waals surface area contributed by atoms with Crippen molar-refractivity contribution in [3.8, 4) is 44.5 Å². The maximum absolute atomic E-state index is 4.63. The van der Waals surface area contributed by atoms with Gasteiger partial charge in [-0.05, 0) is 102 Å². The Morgan fingerprint density at radius 2 is 1.05 bits per heavy atom. The Balaban J connectivity index is 1.33. The van der Waals surface area contributed by atoms with E-state index >= 15 is 0 Å². The highest BCUT2D eigenvalue weighted by molar-refractivity contribution is 6.21. The fraction of sp³-hybridized carbons (Fsp3) is 0.0465. The molecule has 0 unspecified atom stereocenters. The highest BCUT2D eigenvalue weighted by Crippen LogP contribution is 2.44. The summed E-state index contributed by atoms with van der Waals surface area (Å²) in [5.74, 6) is 0. The highest BCUT2D eigenvalue weighted by atomic mass is 14.6. The van der Waals surface area contributed by atoms with Crippen LogP contribution in [0.15, 0.2) is 158 Å². The minimum Gasteiger partial charge on any atom is -0.264 e. The van der Waals surface area contributed by atoms with Gasteiger partial charge in [-0.25, -0.2) is 0 Å². The lowest BCUT2D eigenvalue weighted by molar-refractivity contribution is 1.14. The van der Waals surface area contributed by atoms with E-state index in [-0.39, 0.29) is 0 Å². The molecule has 0 aliphatic rings. The molecular weight excluding hydrogens is 530 g/mol. The lowest BCUT2D eigenvalue weighted by atomic mass is 9.85. The van der Waals surface area contributed by atoms with Gasteiger partial charge in [0.1, 0.15) is 0 Å². The number of nitrogens with zero attached hydrogens (tertiary/aromatic N) is 1. The van der Waals surface area contributed by atoms with Gasteiger partial charge in [-0.2, -0.15) is 0 Å². The molecule has 7 aromatic carbocycles. The SMILES string of the molecule is CCc1cc(-c2cccc(-c3c4ccccc4c(-c4ccc5ccccc5c4)c4ccncc34)c2)ccc1-c1ccccc1. The first-order chi connectivity index (χ1) is 21.8. The predicted octanol–water partition coefficient (Wildman–Crippen LogP) is 11.8. The van der Waals surface area contributed by atoms with Crippen LogP contribution >= 0.6 is 0 Å². The van der Waals surface area contributed by atoms with E-state index in [1.165, 1.54) is 82.4 Å². The molecule has 0 spiro atoms. The van der Waals surface area contributed by atoms with Crippen molar-refractivity contribution in [2.24, 2.45) is 0 Å². The van der Waals surface area contributed by atoms with Gasteiger partial charge in [0.25, 0.3) is 0 Å². The molecule has 8 rings (SSSR count). The van der Waals surface area contributed by atoms with Crippen LogP contribution in [0.5, 0.6) is 0 Å². The number of aryl methyl sites for hydroxylation is 1. The zero-order valence-corrected chi connectivity index (χ0v) is 24.7. The van der Waals surface area contributed by atoms with Crippen molar-refractivity contribution in [3.63, 3.8) is 0 Å². The maximum atomic E-state index is 4.63. The van der Waals surface area contributed by atoms with Crippen molar-refractivity contribution in [2.45, 2.75) is 13.3 Å². The summed E-state index contributed by atoms with van der Waals surface area (Å²) in [4.78, 5) is 4.63. The molecule has 1 heterocycles. The minimum absolute atomic E-state index is 0.981. The van der Waals surface area contributed by atoms with Crippen LogP contribution in [0.3, 0.4) is 0 Å². The molecule has 44 heavy (non-hydrogen) atoms. The third kappa shape index (κ3) is 4.46. The van der Waals surface area contributed by atoms with Crippen LogP contribution < -0.4 is 0 Å². The van der Waals surface area contributed by atoms with Crippen LogP contribution in [-0.4, -0.2) is 4.98 Å². The van der Waals surface area contributed by atoms with E-state index in [9.17, 15) is 0 Å². The van der Waals surface area contributed by atoms with E-state index in [0.717, 1.165) is 6.42 Å². The fourth-order valence-electron chi connectivity index (χ4n) is 6.81. The van der Waals surface area contributed by atoms with Crippen molar-refractivity contribution >= 4 is 32.3 Å². The van der Waals surface area contributed by atoms with E-state index in [1.54, 1.807) is 0 Å². The summed E-state index contributed by atoms with van der Waals surface area (Å²) in [6.07, 6.45) is 4.94. The van der Waals surface area contributed by atoms with Gasteiger partial charge in [-0.1, -0.05) is 134 Å². The summed E-state index contributed by atoms with van der Waals surface area (Å²) < 4.78 is 0. The van der Waals surface area contributed by atoms with Crippen LogP contribution in [0, 0.1) is 0 Å². The lowest BCUT2D eigenvalue weighted by Gasteiger charge is -2.18. The first-order valence-electron chi connectivity index (χ1n) is 15.4. The molecule has 0 bridgehead atoms. The van der Waals surface area contributed by atoms with Gasteiger partial charge in [0, 0.05) is 17.8 Å². The van der Waals surface area contributed by atoms with Gasteiger partial charge in [0.2, 0.25) is 0 Å². The van der Waals surface area contributed by atoms with Crippen LogP contribution in [0.2, 0.25) is 0 Å². The number of rotatable bonds is 5. The summed E-state index contributed by atoms with van der Waals surface area (Å²) in [6, 6.07) is 53.0. The molecule has 0 N–H and O–H groups in total. The second kappa shape index (κ2) is 10.9. The van der Waals surface area contributed by atoms with Gasteiger partial charge in [0.15, 0.2) is 0 Å². The van der Waals surface area contributed by atoms with E-state index < -0.39 is 0 Å². The molecule has 208 valence electrons. The Hall–Kier alpha value is -5.53. The Bertz CT molecular complexity index is 2260. The summed E-state index contributed by atoms with van der Waals surface area (Å²) in [6.45, 7) is 2.24. The minimum atomic E-state index is 0.981. The molecule has 0 saturated carbocycles. The highest BCUT2D eigenvalue weighted by Gasteiger charge is 2.17. The number of hydrogen-bond donors (Lipinski definition) is 0. The standard InChI is InChI=1S/C43H31N/c1-2-29-25-34(21-22-37(29)31-12-4-3-5-13-31)33-15-10-16-35(27-33)43-39-18-9-8-17-38(39)42(40-23-24-44-28-41(40)43)36-20-19-30-11-6-7-14-32(30)26-36/h3-28H,2H2,1H3. The monoisotopic (exact) mass is 561 g/mol. The molecule has 1 aromatic heterocycles. The van der Waals surface area contributed by atoms with Crippen molar-refractivity contribution in [1.82, 2.24) is 4.98 Å². The van der Waals surface area contributed by atoms with Crippen molar-refractivity contribution in [3.05, 3.63) is 164 Å². The largest absolute Gasteiger partial charge is 0.264 e. The second-order valence-corrected chi connectivity index (χ2v) is 11.5. The van der Waals surface area contributed by atoms with E-state index in [0.29, 0.717) is 0 Å². The Morgan fingerprint density at radius 3 is 1.86 bits per heavy atom. The number of aromatic nitrogens is 1. The molecule has 8 aromatic rings. The second-order valence-electron chi connectivity index (χ2n) is 11.5. The molecule has 0 fully saturated rings. The smallest absolute Gasteiger partial charge is 0.0353 e. The Kier molecular flexibility index (Phi) is 6.50. The van der Waals surface area contributed by atoms with E-state index in [4.69, 9.17) is 0 Å². The quantitative estimate of drug-likeness (QED) is 0.190. The average Bonchev–Trinajstić information content (AvgIpc) is 3.10. The van der Waals surface area contributed by atoms with Crippen LogP contribution in [0.25, 0.3) is 76.8 Å². The summed E-state index contributed by atoms with van der Waals surface area (Å²) in [5, 5.41) is 7.38. The normalized spacial score (nSPS) is 11.4. The maximum Gasteiger partial charge on any atom is 0.0353 e. The molecule has 0 atom stereocenters. The third-order valence-corrected chi connectivity index (χ3v) is 8.92. The molecule has 0 aliphatic carbocycles. The summed E-state index contributed by atoms with van der Waals surface area (Å²) >= 11 is 0. The molecule has 1 heteroatoms. The summed E-state index contributed by atoms with van der Waals surface area (Å²) in [7, 11) is 0. The van der Waals surface area contributed by atoms with Crippen molar-refractivity contribution in [1.29, 1.82) is 0 Å². The van der Waals surface area contributed by atoms with Crippen LogP contribution in [-0.2, 0) is 6.42 Å². The van der Waals surface area contributed by atoms with Crippen LogP contribution in [0.4, 0.5) is 0 Å². The number of fused-ring (bicyclic) bond motifs is 3. The number of benzene rings is 7. The van der Waals surface area contributed by atoms with Crippen LogP contribution in [0.1, 0.15) is 12.5 Å². The molecule has 0 radical (unpaired) electrons. The topological polar surface area (TPSA) is 12.9 Å². The molecule has 0 amide bonds. The van der Waals surface area contributed by atoms with Gasteiger partial charge < -0.3 is 0 Å². The van der Waals surface area contributed by atoms with Gasteiger partial charge >= 0.3 is 0 Å². The van der Waals surface area contributed by atoms with E-state index in [1.807, 2.05) is 12.4 Å². The first kappa shape index (κ1) is 26.1. The molecular formula is C43H31N. The number of pyridine rings is 1. The summed E-state index contributed by atoms with van der Waals surface area (Å²) in [5.41, 5.74) is 11.3. The zero-order valence-electron chi connectivity index (χ0n) is 24.7. The molecule has 0 saturated heterocycles. The van der Waals surface area contributed by atoms with Gasteiger partial charge in [-0.15, -0.1) is 0 Å². The first-order valence-corrected chi connectivity index (χ1v) is 15.4. The zero-order chi connectivity index (χ0) is 29.5. The van der Waals surface area contributed by atoms with Crippen molar-refractivity contribution < 1.29 is 0 Å². The average molecular weight is 562 g/mol. The number of hydrogen-bond acceptors (Lipinski definition) is 1. The molecule has 1 nitrogen and oxygen atoms in total. The van der Waals surface area contributed by atoms with Gasteiger partial charge in [-0.3, -0.25) is 4.98 Å². The predicted molar refractivity (Wildman–Crippen MR) is 188 cm³/mol. The Labute approximate surface area is 258 Å². The fourth-order valence-corrected chi connectivity index (χ4v) is 6.81. The van der Waals surface area contributed by atoms with E-state index in [2.05, 4.69) is 158 Å². The van der Waals surface area contributed by atoms with Gasteiger partial charge in [0.05, 0.1) is 0 Å².